The number of fused-ring (bicyclic) bond motifs is 1. The van der Waals surface area contributed by atoms with Gasteiger partial charge in [-0.15, -0.1) is 0 Å². The molecule has 0 saturated carbocycles. The van der Waals surface area contributed by atoms with Crippen LogP contribution in [0.25, 0.3) is 11.5 Å². The Kier molecular flexibility index (Phi) is 5.07. The van der Waals surface area contributed by atoms with Gasteiger partial charge in [-0.05, 0) is 48.4 Å². The molecule has 0 radical (unpaired) electrons. The van der Waals surface area contributed by atoms with Crippen molar-refractivity contribution in [3.8, 4) is 23.0 Å². The molecular weight excluding hydrogens is 428 g/mol. The molecule has 7 nitrogen and oxygen atoms in total. The predicted octanol–water partition coefficient (Wildman–Crippen LogP) is 4.82. The summed E-state index contributed by atoms with van der Waals surface area (Å²) in [5.74, 6) is 1.66. The summed E-state index contributed by atoms with van der Waals surface area (Å²) >= 11 is 0. The van der Waals surface area contributed by atoms with Gasteiger partial charge in [0, 0.05) is 12.1 Å². The number of hydrogen-bond acceptors (Lipinski definition) is 7. The number of nitrogens with one attached hydrogen (secondary N) is 1. The molecule has 1 aromatic heterocycles. The van der Waals surface area contributed by atoms with Gasteiger partial charge in [0.15, 0.2) is 11.5 Å². The maximum Gasteiger partial charge on any atom is 0.234 e. The van der Waals surface area contributed by atoms with Gasteiger partial charge in [-0.3, -0.25) is 0 Å². The maximum absolute atomic E-state index is 13.3. The number of sulfone groups is 1. The van der Waals surface area contributed by atoms with Crippen molar-refractivity contribution in [2.75, 3.05) is 12.1 Å². The minimum Gasteiger partial charge on any atom is -0.454 e. The number of ether oxygens (including phenoxy) is 2. The van der Waals surface area contributed by atoms with Gasteiger partial charge in [0.2, 0.25) is 33.4 Å². The van der Waals surface area contributed by atoms with Crippen molar-refractivity contribution in [2.45, 2.75) is 23.4 Å². The molecule has 1 aliphatic heterocycles. The summed E-state index contributed by atoms with van der Waals surface area (Å²) in [6.07, 6.45) is 0. The van der Waals surface area contributed by atoms with E-state index < -0.39 is 9.84 Å². The summed E-state index contributed by atoms with van der Waals surface area (Å²) < 4.78 is 43.4. The second-order valence-corrected chi connectivity index (χ2v) is 9.19. The zero-order valence-electron chi connectivity index (χ0n) is 17.2. The SMILES string of the molecule is Cc1ccccc1-c1nc(S(=O)(=O)c2ccccc2)c(NCc2ccc3c(c2)OCO3)o1. The lowest BCUT2D eigenvalue weighted by atomic mass is 10.1. The molecule has 1 N–H and O–H groups in total. The maximum atomic E-state index is 13.3. The fraction of sp³-hybridized carbons (Fsp3) is 0.125. The summed E-state index contributed by atoms with van der Waals surface area (Å²) in [5.41, 5.74) is 2.54. The molecule has 4 aromatic rings. The lowest BCUT2D eigenvalue weighted by Gasteiger charge is -2.07. The van der Waals surface area contributed by atoms with E-state index in [0.29, 0.717) is 18.0 Å². The van der Waals surface area contributed by atoms with Crippen molar-refractivity contribution in [3.05, 3.63) is 83.9 Å². The van der Waals surface area contributed by atoms with Gasteiger partial charge in [-0.1, -0.05) is 42.5 Å². The van der Waals surface area contributed by atoms with Crippen molar-refractivity contribution in [3.63, 3.8) is 0 Å². The third-order valence-electron chi connectivity index (χ3n) is 5.17. The van der Waals surface area contributed by atoms with Crippen LogP contribution in [0, 0.1) is 6.92 Å². The first-order chi connectivity index (χ1) is 15.5. The summed E-state index contributed by atoms with van der Waals surface area (Å²) in [6, 6.07) is 21.3. The van der Waals surface area contributed by atoms with Crippen LogP contribution in [0.1, 0.15) is 11.1 Å². The van der Waals surface area contributed by atoms with Crippen LogP contribution < -0.4 is 14.8 Å². The van der Waals surface area contributed by atoms with E-state index in [1.165, 1.54) is 0 Å². The van der Waals surface area contributed by atoms with Crippen LogP contribution in [0.2, 0.25) is 0 Å². The number of anilines is 1. The summed E-state index contributed by atoms with van der Waals surface area (Å²) in [6.45, 7) is 2.43. The number of aryl methyl sites for hydroxylation is 1. The van der Waals surface area contributed by atoms with Gasteiger partial charge in [0.05, 0.1) is 4.90 Å². The highest BCUT2D eigenvalue weighted by Crippen LogP contribution is 2.35. The highest BCUT2D eigenvalue weighted by atomic mass is 32.2. The van der Waals surface area contributed by atoms with Gasteiger partial charge < -0.3 is 19.2 Å². The molecule has 0 atom stereocenters. The Morgan fingerprint density at radius 2 is 1.69 bits per heavy atom. The Morgan fingerprint density at radius 1 is 0.938 bits per heavy atom. The zero-order valence-corrected chi connectivity index (χ0v) is 18.1. The van der Waals surface area contributed by atoms with Crippen LogP contribution in [-0.4, -0.2) is 20.2 Å². The Balaban J connectivity index is 1.53. The lowest BCUT2D eigenvalue weighted by Crippen LogP contribution is -2.07. The third-order valence-corrected chi connectivity index (χ3v) is 6.85. The summed E-state index contributed by atoms with van der Waals surface area (Å²) in [4.78, 5) is 4.55. The molecule has 3 aromatic carbocycles. The molecule has 1 aliphatic rings. The molecule has 0 spiro atoms. The average Bonchev–Trinajstić information content (AvgIpc) is 3.45. The molecule has 0 bridgehead atoms. The molecule has 0 amide bonds. The van der Waals surface area contributed by atoms with Crippen LogP contribution in [0.3, 0.4) is 0 Å². The largest absolute Gasteiger partial charge is 0.454 e. The molecule has 0 fully saturated rings. The second kappa shape index (κ2) is 8.05. The number of oxazole rings is 1. The number of nitrogens with zero attached hydrogens (tertiary/aromatic N) is 1. The number of rotatable bonds is 6. The van der Waals surface area contributed by atoms with Gasteiger partial charge in [-0.2, -0.15) is 4.98 Å². The van der Waals surface area contributed by atoms with Crippen LogP contribution in [0.4, 0.5) is 5.88 Å². The van der Waals surface area contributed by atoms with Crippen LogP contribution in [-0.2, 0) is 16.4 Å². The smallest absolute Gasteiger partial charge is 0.234 e. The van der Waals surface area contributed by atoms with E-state index in [-0.39, 0.29) is 28.5 Å². The van der Waals surface area contributed by atoms with Crippen molar-refractivity contribution in [1.82, 2.24) is 4.98 Å². The van der Waals surface area contributed by atoms with E-state index in [0.717, 1.165) is 16.7 Å². The Morgan fingerprint density at radius 3 is 2.50 bits per heavy atom. The molecule has 2 heterocycles. The van der Waals surface area contributed by atoms with E-state index in [1.54, 1.807) is 30.3 Å². The Hall–Kier alpha value is -3.78. The zero-order chi connectivity index (χ0) is 22.1. The predicted molar refractivity (Wildman–Crippen MR) is 118 cm³/mol. The Bertz CT molecular complexity index is 1380. The van der Waals surface area contributed by atoms with E-state index in [9.17, 15) is 8.42 Å². The van der Waals surface area contributed by atoms with Gasteiger partial charge >= 0.3 is 0 Å². The van der Waals surface area contributed by atoms with Gasteiger partial charge in [0.1, 0.15) is 0 Å². The standard InChI is InChI=1S/C24H20N2O5S/c1-16-7-5-6-10-19(16)22-26-24(32(27,28)18-8-3-2-4-9-18)23(31-22)25-14-17-11-12-20-21(13-17)30-15-29-20/h2-13,25H,14-15H2,1H3. The first-order valence-electron chi connectivity index (χ1n) is 10.0. The minimum atomic E-state index is -3.90. The minimum absolute atomic E-state index is 0.0878. The average molecular weight is 449 g/mol. The highest BCUT2D eigenvalue weighted by Gasteiger charge is 2.29. The molecule has 32 heavy (non-hydrogen) atoms. The first kappa shape index (κ1) is 20.1. The molecule has 0 unspecified atom stereocenters. The monoisotopic (exact) mass is 448 g/mol. The van der Waals surface area contributed by atoms with Crippen molar-refractivity contribution in [1.29, 1.82) is 0 Å². The molecular formula is C24H20N2O5S. The van der Waals surface area contributed by atoms with Crippen molar-refractivity contribution < 1.29 is 22.3 Å². The normalized spacial score (nSPS) is 12.7. The molecule has 162 valence electrons. The number of hydrogen-bond donors (Lipinski definition) is 1. The van der Waals surface area contributed by atoms with E-state index >= 15 is 0 Å². The lowest BCUT2D eigenvalue weighted by molar-refractivity contribution is 0.174. The summed E-state index contributed by atoms with van der Waals surface area (Å²) in [5, 5.41) is 2.95. The van der Waals surface area contributed by atoms with Crippen molar-refractivity contribution in [2.24, 2.45) is 0 Å². The van der Waals surface area contributed by atoms with Gasteiger partial charge in [-0.25, -0.2) is 8.42 Å². The first-order valence-corrected chi connectivity index (χ1v) is 11.5. The highest BCUT2D eigenvalue weighted by molar-refractivity contribution is 7.91. The molecule has 8 heteroatoms. The molecule has 0 saturated heterocycles. The van der Waals surface area contributed by atoms with E-state index in [2.05, 4.69) is 10.3 Å². The van der Waals surface area contributed by atoms with Crippen LogP contribution in [0.15, 0.2) is 87.1 Å². The fourth-order valence-corrected chi connectivity index (χ4v) is 4.77. The third kappa shape index (κ3) is 3.69. The second-order valence-electron chi connectivity index (χ2n) is 7.33. The summed E-state index contributed by atoms with van der Waals surface area (Å²) in [7, 11) is -3.90. The van der Waals surface area contributed by atoms with Crippen molar-refractivity contribution >= 4 is 15.7 Å². The topological polar surface area (TPSA) is 90.7 Å². The van der Waals surface area contributed by atoms with Crippen LogP contribution >= 0.6 is 0 Å². The molecule has 0 aliphatic carbocycles. The van der Waals surface area contributed by atoms with Crippen LogP contribution in [0.5, 0.6) is 11.5 Å². The molecule has 5 rings (SSSR count). The number of aromatic nitrogens is 1. The fourth-order valence-electron chi connectivity index (χ4n) is 3.47. The Labute approximate surface area is 185 Å². The quantitative estimate of drug-likeness (QED) is 0.452. The van der Waals surface area contributed by atoms with E-state index in [1.807, 2.05) is 49.4 Å². The van der Waals surface area contributed by atoms with Gasteiger partial charge in [0.25, 0.3) is 0 Å². The number of benzene rings is 3. The van der Waals surface area contributed by atoms with E-state index in [4.69, 9.17) is 13.9 Å².